The Kier molecular flexibility index (Phi) is 3.99. The van der Waals surface area contributed by atoms with Gasteiger partial charge in [-0.15, -0.1) is 0 Å². The summed E-state index contributed by atoms with van der Waals surface area (Å²) < 4.78 is 0. The van der Waals surface area contributed by atoms with Crippen molar-refractivity contribution < 1.29 is 19.5 Å². The van der Waals surface area contributed by atoms with Crippen molar-refractivity contribution in [2.45, 2.75) is 18.9 Å². The summed E-state index contributed by atoms with van der Waals surface area (Å²) in [5.41, 5.74) is 0.551. The molecule has 2 rings (SSSR count). The molecule has 5 nitrogen and oxygen atoms in total. The zero-order valence-electron chi connectivity index (χ0n) is 10.0. The molecule has 0 saturated heterocycles. The minimum absolute atomic E-state index is 0.242. The molecule has 1 aliphatic rings. The predicted molar refractivity (Wildman–Crippen MR) is 71.4 cm³/mol. The third-order valence-electron chi connectivity index (χ3n) is 3.03. The number of nitrogens with zero attached hydrogens (tertiary/aromatic N) is 1. The lowest BCUT2D eigenvalue weighted by molar-refractivity contribution is -0.141. The third-order valence-corrected chi connectivity index (χ3v) is 3.59. The average Bonchev–Trinajstić information content (AvgIpc) is 2.64. The topological polar surface area (TPSA) is 74.7 Å². The number of imide groups is 1. The van der Waals surface area contributed by atoms with Gasteiger partial charge in [0.1, 0.15) is 6.04 Å². The molecule has 2 amide bonds. The van der Waals surface area contributed by atoms with E-state index in [2.05, 4.69) is 15.9 Å². The SMILES string of the molecule is O=C(O)[C@H](CCCBr)N1C(=O)c2ccccc2C1=O. The second-order valence-corrected chi connectivity index (χ2v) is 5.00. The van der Waals surface area contributed by atoms with Crippen LogP contribution < -0.4 is 0 Å². The smallest absolute Gasteiger partial charge is 0.326 e. The van der Waals surface area contributed by atoms with E-state index in [1.807, 2.05) is 0 Å². The van der Waals surface area contributed by atoms with Gasteiger partial charge in [0.05, 0.1) is 11.1 Å². The summed E-state index contributed by atoms with van der Waals surface area (Å²) in [5, 5.41) is 9.84. The van der Waals surface area contributed by atoms with Gasteiger partial charge in [0, 0.05) is 5.33 Å². The van der Waals surface area contributed by atoms with Gasteiger partial charge in [-0.05, 0) is 25.0 Å². The minimum Gasteiger partial charge on any atom is -0.480 e. The fourth-order valence-corrected chi connectivity index (χ4v) is 2.45. The van der Waals surface area contributed by atoms with Crippen LogP contribution in [0.4, 0.5) is 0 Å². The molecule has 6 heteroatoms. The molecule has 0 fully saturated rings. The van der Waals surface area contributed by atoms with Crippen molar-refractivity contribution in [3.8, 4) is 0 Å². The summed E-state index contributed by atoms with van der Waals surface area (Å²) in [4.78, 5) is 36.4. The number of carboxylic acid groups (broad SMARTS) is 1. The lowest BCUT2D eigenvalue weighted by Gasteiger charge is -2.22. The molecule has 1 atom stereocenters. The summed E-state index contributed by atoms with van der Waals surface area (Å²) >= 11 is 3.21. The van der Waals surface area contributed by atoms with Crippen molar-refractivity contribution in [1.29, 1.82) is 0 Å². The first-order chi connectivity index (χ1) is 9.07. The highest BCUT2D eigenvalue weighted by Crippen LogP contribution is 2.26. The van der Waals surface area contributed by atoms with E-state index in [-0.39, 0.29) is 17.5 Å². The average molecular weight is 326 g/mol. The van der Waals surface area contributed by atoms with Gasteiger partial charge in [0.2, 0.25) is 0 Å². The first kappa shape index (κ1) is 13.7. The van der Waals surface area contributed by atoms with Gasteiger partial charge >= 0.3 is 5.97 Å². The predicted octanol–water partition coefficient (Wildman–Crippen LogP) is 1.91. The molecule has 1 aromatic carbocycles. The van der Waals surface area contributed by atoms with Crippen LogP contribution in [0.25, 0.3) is 0 Å². The van der Waals surface area contributed by atoms with Crippen LogP contribution in [0.3, 0.4) is 0 Å². The largest absolute Gasteiger partial charge is 0.480 e. The number of benzene rings is 1. The highest BCUT2D eigenvalue weighted by atomic mass is 79.9. The molecule has 100 valence electrons. The van der Waals surface area contributed by atoms with E-state index in [0.717, 1.165) is 4.90 Å². The van der Waals surface area contributed by atoms with Crippen molar-refractivity contribution >= 4 is 33.7 Å². The highest BCUT2D eigenvalue weighted by Gasteiger charge is 2.42. The van der Waals surface area contributed by atoms with E-state index in [1.54, 1.807) is 24.3 Å². The lowest BCUT2D eigenvalue weighted by atomic mass is 10.1. The summed E-state index contributed by atoms with van der Waals surface area (Å²) in [5.74, 6) is -2.21. The molecule has 0 aromatic heterocycles. The summed E-state index contributed by atoms with van der Waals surface area (Å²) in [6.07, 6.45) is 0.816. The van der Waals surface area contributed by atoms with Crippen molar-refractivity contribution in [2.75, 3.05) is 5.33 Å². The molecule has 0 spiro atoms. The van der Waals surface area contributed by atoms with E-state index in [9.17, 15) is 19.5 Å². The lowest BCUT2D eigenvalue weighted by Crippen LogP contribution is -2.44. The van der Waals surface area contributed by atoms with Crippen LogP contribution in [0.15, 0.2) is 24.3 Å². The fraction of sp³-hybridized carbons (Fsp3) is 0.308. The van der Waals surface area contributed by atoms with Crippen LogP contribution in [0.1, 0.15) is 33.6 Å². The number of carboxylic acids is 1. The molecular weight excluding hydrogens is 314 g/mol. The van der Waals surface area contributed by atoms with E-state index >= 15 is 0 Å². The van der Waals surface area contributed by atoms with Crippen LogP contribution >= 0.6 is 15.9 Å². The van der Waals surface area contributed by atoms with Gasteiger partial charge < -0.3 is 5.11 Å². The Morgan fingerprint density at radius 2 is 1.74 bits per heavy atom. The third kappa shape index (κ3) is 2.40. The zero-order chi connectivity index (χ0) is 14.0. The van der Waals surface area contributed by atoms with Crippen LogP contribution in [0.2, 0.25) is 0 Å². The number of amides is 2. The van der Waals surface area contributed by atoms with Crippen molar-refractivity contribution in [2.24, 2.45) is 0 Å². The molecular formula is C13H12BrNO4. The maximum Gasteiger partial charge on any atom is 0.326 e. The van der Waals surface area contributed by atoms with E-state index in [1.165, 1.54) is 0 Å². The second kappa shape index (κ2) is 5.52. The Hall–Kier alpha value is -1.69. The summed E-state index contributed by atoms with van der Waals surface area (Å²) in [7, 11) is 0. The number of rotatable bonds is 5. The standard InChI is InChI=1S/C13H12BrNO4/c14-7-3-6-10(13(18)19)15-11(16)8-4-1-2-5-9(8)12(15)17/h1-2,4-5,10H,3,6-7H2,(H,18,19)/t10-/m0/s1. The number of hydrogen-bond donors (Lipinski definition) is 1. The van der Waals surface area contributed by atoms with Crippen LogP contribution in [0, 0.1) is 0 Å². The minimum atomic E-state index is -1.16. The fourth-order valence-electron chi connectivity index (χ4n) is 2.12. The van der Waals surface area contributed by atoms with Gasteiger partial charge in [-0.1, -0.05) is 28.1 Å². The quantitative estimate of drug-likeness (QED) is 0.662. The number of alkyl halides is 1. The molecule has 0 unspecified atom stereocenters. The Balaban J connectivity index is 2.33. The Bertz CT molecular complexity index is 508. The number of carbonyl (C=O) groups is 3. The summed E-state index contributed by atoms with van der Waals surface area (Å²) in [6, 6.07) is 5.28. The molecule has 1 heterocycles. The van der Waals surface area contributed by atoms with Gasteiger partial charge in [-0.3, -0.25) is 14.5 Å². The Labute approximate surface area is 118 Å². The van der Waals surface area contributed by atoms with Gasteiger partial charge in [-0.2, -0.15) is 0 Å². The first-order valence-electron chi connectivity index (χ1n) is 5.83. The van der Waals surface area contributed by atoms with Crippen LogP contribution in [-0.4, -0.2) is 39.2 Å². The molecule has 1 aromatic rings. The summed E-state index contributed by atoms with van der Waals surface area (Å²) in [6.45, 7) is 0. The van der Waals surface area contributed by atoms with Crippen molar-refractivity contribution in [3.05, 3.63) is 35.4 Å². The normalized spacial score (nSPS) is 15.5. The number of hydrogen-bond acceptors (Lipinski definition) is 3. The van der Waals surface area contributed by atoms with Crippen molar-refractivity contribution in [1.82, 2.24) is 4.90 Å². The Morgan fingerprint density at radius 3 is 2.16 bits per heavy atom. The monoisotopic (exact) mass is 325 g/mol. The molecule has 1 aliphatic heterocycles. The van der Waals surface area contributed by atoms with E-state index in [4.69, 9.17) is 0 Å². The number of aliphatic carboxylic acids is 1. The van der Waals surface area contributed by atoms with E-state index < -0.39 is 23.8 Å². The van der Waals surface area contributed by atoms with Gasteiger partial charge in [-0.25, -0.2) is 4.79 Å². The van der Waals surface area contributed by atoms with E-state index in [0.29, 0.717) is 11.8 Å². The first-order valence-corrected chi connectivity index (χ1v) is 6.95. The zero-order valence-corrected chi connectivity index (χ0v) is 11.6. The molecule has 0 radical (unpaired) electrons. The number of fused-ring (bicyclic) bond motifs is 1. The van der Waals surface area contributed by atoms with Crippen LogP contribution in [-0.2, 0) is 4.79 Å². The Morgan fingerprint density at radius 1 is 1.21 bits per heavy atom. The number of halogens is 1. The van der Waals surface area contributed by atoms with Gasteiger partial charge in [0.15, 0.2) is 0 Å². The van der Waals surface area contributed by atoms with Gasteiger partial charge in [0.25, 0.3) is 11.8 Å². The number of carbonyl (C=O) groups excluding carboxylic acids is 2. The highest BCUT2D eigenvalue weighted by molar-refractivity contribution is 9.09. The molecule has 0 aliphatic carbocycles. The second-order valence-electron chi connectivity index (χ2n) is 4.21. The van der Waals surface area contributed by atoms with Crippen LogP contribution in [0.5, 0.6) is 0 Å². The molecule has 0 bridgehead atoms. The maximum absolute atomic E-state index is 12.1. The molecule has 0 saturated carbocycles. The molecule has 19 heavy (non-hydrogen) atoms. The molecule has 1 N–H and O–H groups in total. The maximum atomic E-state index is 12.1. The van der Waals surface area contributed by atoms with Crippen molar-refractivity contribution in [3.63, 3.8) is 0 Å².